The number of carboxylic acid groups (broad SMARTS) is 1. The second kappa shape index (κ2) is 9.50. The molecule has 0 aromatic carbocycles. The van der Waals surface area contributed by atoms with Gasteiger partial charge in [0.15, 0.2) is 0 Å². The van der Waals surface area contributed by atoms with Gasteiger partial charge < -0.3 is 19.6 Å². The van der Waals surface area contributed by atoms with Crippen molar-refractivity contribution >= 4 is 17.8 Å². The number of carbonyl (C=O) groups is 2. The number of rotatable bonds is 8. The van der Waals surface area contributed by atoms with Crippen LogP contribution in [0.2, 0.25) is 0 Å². The lowest BCUT2D eigenvalue weighted by atomic mass is 10.1. The Bertz CT molecular complexity index is 725. The molecule has 1 aromatic rings. The number of H-pyrrole nitrogens is 1. The van der Waals surface area contributed by atoms with Gasteiger partial charge in [0.2, 0.25) is 11.9 Å². The topological polar surface area (TPSA) is 116 Å². The molecule has 0 bridgehead atoms. The van der Waals surface area contributed by atoms with E-state index in [4.69, 9.17) is 9.84 Å². The van der Waals surface area contributed by atoms with Gasteiger partial charge in [-0.2, -0.15) is 0 Å². The van der Waals surface area contributed by atoms with Crippen LogP contribution in [0.15, 0.2) is 4.79 Å². The van der Waals surface area contributed by atoms with Gasteiger partial charge in [0.05, 0.1) is 19.6 Å². The van der Waals surface area contributed by atoms with Gasteiger partial charge in [0, 0.05) is 43.4 Å². The predicted molar refractivity (Wildman–Crippen MR) is 100 cm³/mol. The molecule has 1 saturated heterocycles. The second-order valence-corrected chi connectivity index (χ2v) is 6.88. The number of aromatic amines is 1. The molecule has 150 valence electrons. The lowest BCUT2D eigenvalue weighted by molar-refractivity contribution is -0.139. The first-order valence-corrected chi connectivity index (χ1v) is 9.23. The van der Waals surface area contributed by atoms with Crippen LogP contribution in [-0.4, -0.2) is 70.7 Å². The van der Waals surface area contributed by atoms with Crippen molar-refractivity contribution in [2.75, 3.05) is 37.7 Å². The number of aromatic nitrogens is 2. The number of carbonyl (C=O) groups excluding carboxylic acids is 1. The molecule has 2 heterocycles. The largest absolute Gasteiger partial charge is 0.481 e. The van der Waals surface area contributed by atoms with E-state index in [1.807, 2.05) is 18.7 Å². The second-order valence-electron chi connectivity index (χ2n) is 6.88. The third-order valence-corrected chi connectivity index (χ3v) is 4.62. The monoisotopic (exact) mass is 380 g/mol. The lowest BCUT2D eigenvalue weighted by Gasteiger charge is -2.27. The van der Waals surface area contributed by atoms with Crippen LogP contribution in [0.1, 0.15) is 37.9 Å². The predicted octanol–water partition coefficient (Wildman–Crippen LogP) is 0.559. The number of nitrogens with zero attached hydrogens (tertiary/aromatic N) is 3. The van der Waals surface area contributed by atoms with Crippen molar-refractivity contribution in [2.45, 2.75) is 46.1 Å². The minimum absolute atomic E-state index is 0.0979. The van der Waals surface area contributed by atoms with E-state index in [0.717, 1.165) is 0 Å². The molecule has 1 aromatic heterocycles. The fraction of sp³-hybridized carbons (Fsp3) is 0.667. The molecule has 1 aliphatic heterocycles. The molecule has 1 fully saturated rings. The van der Waals surface area contributed by atoms with Crippen LogP contribution in [0, 0.1) is 6.92 Å². The van der Waals surface area contributed by atoms with Crippen LogP contribution in [-0.2, 0) is 20.7 Å². The summed E-state index contributed by atoms with van der Waals surface area (Å²) in [6.07, 6.45) is 0.312. The number of morpholine rings is 1. The first-order valence-electron chi connectivity index (χ1n) is 9.23. The average Bonchev–Trinajstić information content (AvgIpc) is 2.61. The molecule has 0 radical (unpaired) electrons. The molecule has 1 aliphatic rings. The summed E-state index contributed by atoms with van der Waals surface area (Å²) in [4.78, 5) is 46.5. The Kier molecular flexibility index (Phi) is 7.35. The molecule has 0 unspecified atom stereocenters. The standard InChI is InChI=1S/C18H28N4O5/c1-12(2)22(7-6-16(24)25)15(23)5-4-14-13(3)19-18(20-17(14)26)21-8-10-27-11-9-21/h12H,4-11H2,1-3H3,(H,24,25)(H,19,20,26). The maximum Gasteiger partial charge on any atom is 0.305 e. The van der Waals surface area contributed by atoms with Crippen LogP contribution in [0.5, 0.6) is 0 Å². The van der Waals surface area contributed by atoms with Crippen molar-refractivity contribution in [1.82, 2.24) is 14.9 Å². The number of carboxylic acids is 1. The van der Waals surface area contributed by atoms with E-state index < -0.39 is 5.97 Å². The van der Waals surface area contributed by atoms with Crippen LogP contribution in [0.3, 0.4) is 0 Å². The molecule has 2 N–H and O–H groups in total. The van der Waals surface area contributed by atoms with Gasteiger partial charge in [0.1, 0.15) is 0 Å². The van der Waals surface area contributed by atoms with E-state index >= 15 is 0 Å². The maximum atomic E-state index is 12.5. The fourth-order valence-electron chi connectivity index (χ4n) is 3.08. The van der Waals surface area contributed by atoms with Crippen molar-refractivity contribution in [1.29, 1.82) is 0 Å². The molecule has 0 atom stereocenters. The number of ether oxygens (including phenoxy) is 1. The lowest BCUT2D eigenvalue weighted by Crippen LogP contribution is -2.39. The van der Waals surface area contributed by atoms with Gasteiger partial charge in [-0.05, 0) is 27.2 Å². The Morgan fingerprint density at radius 3 is 2.52 bits per heavy atom. The summed E-state index contributed by atoms with van der Waals surface area (Å²) in [6.45, 7) is 8.16. The van der Waals surface area contributed by atoms with Crippen molar-refractivity contribution in [3.05, 3.63) is 21.6 Å². The zero-order valence-corrected chi connectivity index (χ0v) is 16.2. The number of anilines is 1. The Labute approximate surface area is 158 Å². The molecule has 2 rings (SSSR count). The van der Waals surface area contributed by atoms with Crippen LogP contribution in [0.25, 0.3) is 0 Å². The Morgan fingerprint density at radius 1 is 1.30 bits per heavy atom. The quantitative estimate of drug-likeness (QED) is 0.677. The Hall–Kier alpha value is -2.42. The number of aryl methyl sites for hydroxylation is 1. The summed E-state index contributed by atoms with van der Waals surface area (Å²) in [5, 5.41) is 8.84. The van der Waals surface area contributed by atoms with Crippen molar-refractivity contribution in [3.8, 4) is 0 Å². The van der Waals surface area contributed by atoms with E-state index in [9.17, 15) is 14.4 Å². The minimum atomic E-state index is -0.941. The van der Waals surface area contributed by atoms with E-state index in [-0.39, 0.29) is 43.3 Å². The first-order chi connectivity index (χ1) is 12.8. The van der Waals surface area contributed by atoms with Gasteiger partial charge in [-0.25, -0.2) is 4.98 Å². The summed E-state index contributed by atoms with van der Waals surface area (Å²) >= 11 is 0. The molecule has 9 heteroatoms. The van der Waals surface area contributed by atoms with E-state index in [0.29, 0.717) is 43.5 Å². The zero-order chi connectivity index (χ0) is 20.0. The average molecular weight is 380 g/mol. The number of nitrogens with one attached hydrogen (secondary N) is 1. The van der Waals surface area contributed by atoms with Crippen molar-refractivity contribution < 1.29 is 19.4 Å². The van der Waals surface area contributed by atoms with E-state index in [1.54, 1.807) is 6.92 Å². The van der Waals surface area contributed by atoms with Gasteiger partial charge in [-0.15, -0.1) is 0 Å². The van der Waals surface area contributed by atoms with Crippen molar-refractivity contribution in [2.24, 2.45) is 0 Å². The highest BCUT2D eigenvalue weighted by molar-refractivity contribution is 5.77. The molecule has 0 saturated carbocycles. The number of hydrogen-bond acceptors (Lipinski definition) is 6. The third kappa shape index (κ3) is 5.78. The fourth-order valence-corrected chi connectivity index (χ4v) is 3.08. The van der Waals surface area contributed by atoms with Gasteiger partial charge in [-0.1, -0.05) is 0 Å². The van der Waals surface area contributed by atoms with Crippen molar-refractivity contribution in [3.63, 3.8) is 0 Å². The maximum absolute atomic E-state index is 12.5. The Balaban J connectivity index is 2.04. The van der Waals surface area contributed by atoms with Gasteiger partial charge in [-0.3, -0.25) is 19.4 Å². The highest BCUT2D eigenvalue weighted by Crippen LogP contribution is 2.12. The summed E-state index contributed by atoms with van der Waals surface area (Å²) in [5.74, 6) is -0.577. The highest BCUT2D eigenvalue weighted by Gasteiger charge is 2.20. The van der Waals surface area contributed by atoms with E-state index in [1.165, 1.54) is 4.90 Å². The van der Waals surface area contributed by atoms with Crippen LogP contribution in [0.4, 0.5) is 5.95 Å². The third-order valence-electron chi connectivity index (χ3n) is 4.62. The molecule has 1 amide bonds. The molecule has 0 spiro atoms. The molecule has 9 nitrogen and oxygen atoms in total. The number of aliphatic carboxylic acids is 1. The summed E-state index contributed by atoms with van der Waals surface area (Å²) in [5.41, 5.74) is 0.857. The molecule has 0 aliphatic carbocycles. The van der Waals surface area contributed by atoms with Crippen LogP contribution < -0.4 is 10.5 Å². The smallest absolute Gasteiger partial charge is 0.305 e. The Morgan fingerprint density at radius 2 is 1.96 bits per heavy atom. The molecule has 27 heavy (non-hydrogen) atoms. The van der Waals surface area contributed by atoms with Crippen LogP contribution >= 0.6 is 0 Å². The summed E-state index contributed by atoms with van der Waals surface area (Å²) < 4.78 is 5.31. The number of hydrogen-bond donors (Lipinski definition) is 2. The SMILES string of the molecule is Cc1nc(N2CCOCC2)[nH]c(=O)c1CCC(=O)N(CCC(=O)O)C(C)C. The van der Waals surface area contributed by atoms with Gasteiger partial charge >= 0.3 is 5.97 Å². The zero-order valence-electron chi connectivity index (χ0n) is 16.2. The summed E-state index contributed by atoms with van der Waals surface area (Å²) in [7, 11) is 0. The highest BCUT2D eigenvalue weighted by atomic mass is 16.5. The minimum Gasteiger partial charge on any atom is -0.481 e. The number of amides is 1. The molecular weight excluding hydrogens is 352 g/mol. The van der Waals surface area contributed by atoms with Gasteiger partial charge in [0.25, 0.3) is 5.56 Å². The van der Waals surface area contributed by atoms with E-state index in [2.05, 4.69) is 9.97 Å². The first kappa shape index (κ1) is 20.9. The molecular formula is C18H28N4O5. The summed E-state index contributed by atoms with van der Waals surface area (Å²) in [6, 6.07) is -0.0990. The normalized spacial score (nSPS) is 14.4.